The van der Waals surface area contributed by atoms with Gasteiger partial charge in [-0.3, -0.25) is 4.79 Å². The van der Waals surface area contributed by atoms with E-state index in [1.54, 1.807) is 6.07 Å². The predicted molar refractivity (Wildman–Crippen MR) is 96.1 cm³/mol. The Morgan fingerprint density at radius 2 is 1.85 bits per heavy atom. The number of carbonyl (C=O) groups is 1. The largest absolute Gasteiger partial charge is 0.504 e. The molecule has 1 heterocycles. The molecule has 0 spiro atoms. The summed E-state index contributed by atoms with van der Waals surface area (Å²) >= 11 is 0. The predicted octanol–water partition coefficient (Wildman–Crippen LogP) is 2.65. The van der Waals surface area contributed by atoms with Gasteiger partial charge in [0.15, 0.2) is 23.0 Å². The third kappa shape index (κ3) is 2.05. The Kier molecular flexibility index (Phi) is 3.46. The lowest BCUT2D eigenvalue weighted by Crippen LogP contribution is -2.52. The highest BCUT2D eigenvalue weighted by Gasteiger charge is 2.47. The standard InChI is InChI=1S/C20H21NO5/c1-21(2)9-14(23)11-8-13(22)20(26-4)18-16-10(7-12(21)17(11)18)5-6-15(25-3)19(16)24/h5-6,8,12H,7,9H2,1-4H3,(H-,22,24)/p+1/t12-/m0/s1. The molecule has 2 N–H and O–H groups in total. The lowest BCUT2D eigenvalue weighted by atomic mass is 9.75. The average molecular weight is 356 g/mol. The number of nitrogens with zero attached hydrogens (tertiary/aromatic N) is 1. The minimum atomic E-state index is -0.101. The molecule has 0 unspecified atom stereocenters. The number of phenols is 2. The van der Waals surface area contributed by atoms with E-state index in [9.17, 15) is 15.0 Å². The number of hydrogen-bond donors (Lipinski definition) is 2. The zero-order valence-corrected chi connectivity index (χ0v) is 15.3. The van der Waals surface area contributed by atoms with Crippen LogP contribution in [0.3, 0.4) is 0 Å². The number of Topliss-reactive ketones (excluding diaryl/α,β-unsaturated/α-hetero) is 1. The van der Waals surface area contributed by atoms with Gasteiger partial charge in [-0.1, -0.05) is 6.07 Å². The maximum Gasteiger partial charge on any atom is 0.217 e. The van der Waals surface area contributed by atoms with E-state index in [2.05, 4.69) is 0 Å². The molecule has 1 atom stereocenters. The molecule has 26 heavy (non-hydrogen) atoms. The van der Waals surface area contributed by atoms with E-state index in [0.717, 1.165) is 11.1 Å². The molecule has 6 heteroatoms. The fourth-order valence-electron chi connectivity index (χ4n) is 4.40. The summed E-state index contributed by atoms with van der Waals surface area (Å²) in [5, 5.41) is 21.3. The molecular formula is C20H22NO5+. The maximum absolute atomic E-state index is 12.8. The Labute approximate surface area is 151 Å². The number of phenolic OH excluding ortho intramolecular Hbond substituents is 2. The highest BCUT2D eigenvalue weighted by atomic mass is 16.5. The Morgan fingerprint density at radius 1 is 1.12 bits per heavy atom. The van der Waals surface area contributed by atoms with E-state index in [1.807, 2.05) is 20.2 Å². The van der Waals surface area contributed by atoms with E-state index in [0.29, 0.717) is 39.9 Å². The minimum Gasteiger partial charge on any atom is -0.504 e. The molecule has 0 saturated carbocycles. The summed E-state index contributed by atoms with van der Waals surface area (Å²) in [6.45, 7) is 0.361. The third-order valence-electron chi connectivity index (χ3n) is 5.64. The topological polar surface area (TPSA) is 76.0 Å². The van der Waals surface area contributed by atoms with Crippen LogP contribution in [0.5, 0.6) is 23.0 Å². The number of benzene rings is 2. The van der Waals surface area contributed by atoms with Gasteiger partial charge in [-0.05, 0) is 17.7 Å². The van der Waals surface area contributed by atoms with Gasteiger partial charge < -0.3 is 24.2 Å². The number of quaternary nitrogens is 1. The Bertz CT molecular complexity index is 948. The van der Waals surface area contributed by atoms with Gasteiger partial charge in [-0.2, -0.15) is 0 Å². The first-order chi connectivity index (χ1) is 12.3. The molecular weight excluding hydrogens is 334 g/mol. The number of hydrogen-bond acceptors (Lipinski definition) is 5. The molecule has 6 nitrogen and oxygen atoms in total. The van der Waals surface area contributed by atoms with E-state index >= 15 is 0 Å². The van der Waals surface area contributed by atoms with Crippen molar-refractivity contribution >= 4 is 5.78 Å². The van der Waals surface area contributed by atoms with E-state index in [1.165, 1.54) is 20.3 Å². The summed E-state index contributed by atoms with van der Waals surface area (Å²) in [5.41, 5.74) is 3.44. The van der Waals surface area contributed by atoms with E-state index in [4.69, 9.17) is 9.47 Å². The number of fused-ring (bicyclic) bond motifs is 2. The first kappa shape index (κ1) is 16.7. The highest BCUT2D eigenvalue weighted by molar-refractivity contribution is 6.04. The zero-order valence-electron chi connectivity index (χ0n) is 15.3. The first-order valence-corrected chi connectivity index (χ1v) is 8.49. The van der Waals surface area contributed by atoms with E-state index < -0.39 is 0 Å². The van der Waals surface area contributed by atoms with Crippen LogP contribution < -0.4 is 9.47 Å². The van der Waals surface area contributed by atoms with Crippen molar-refractivity contribution in [2.75, 3.05) is 34.9 Å². The maximum atomic E-state index is 12.8. The van der Waals surface area contributed by atoms with Crippen molar-refractivity contribution in [2.45, 2.75) is 12.5 Å². The molecule has 0 fully saturated rings. The number of ketones is 1. The molecule has 1 aliphatic heterocycles. The number of methoxy groups -OCH3 is 2. The zero-order chi connectivity index (χ0) is 18.8. The second-order valence-electron chi connectivity index (χ2n) is 7.50. The summed E-state index contributed by atoms with van der Waals surface area (Å²) < 4.78 is 11.3. The molecule has 2 aliphatic rings. The van der Waals surface area contributed by atoms with Gasteiger partial charge >= 0.3 is 0 Å². The van der Waals surface area contributed by atoms with Crippen LogP contribution >= 0.6 is 0 Å². The SMILES string of the molecule is COc1ccc2c(c1O)-c1c(OC)c(O)cc3c1[C@H](C2)[N+](C)(C)CC3=O. The molecule has 0 saturated heterocycles. The quantitative estimate of drug-likeness (QED) is 0.809. The van der Waals surface area contributed by atoms with Crippen molar-refractivity contribution in [3.8, 4) is 34.1 Å². The summed E-state index contributed by atoms with van der Waals surface area (Å²) in [6.07, 6.45) is 0.682. The fraction of sp³-hybridized carbons (Fsp3) is 0.350. The van der Waals surface area contributed by atoms with Crippen LogP contribution in [-0.2, 0) is 6.42 Å². The lowest BCUT2D eigenvalue weighted by molar-refractivity contribution is -0.914. The molecule has 0 aromatic heterocycles. The van der Waals surface area contributed by atoms with Crippen LogP contribution in [0.1, 0.15) is 27.5 Å². The number of likely N-dealkylation sites (N-methyl/N-ethyl adjacent to an activating group) is 1. The molecule has 0 radical (unpaired) electrons. The van der Waals surface area contributed by atoms with Crippen molar-refractivity contribution in [2.24, 2.45) is 0 Å². The average Bonchev–Trinajstić information content (AvgIpc) is 2.59. The van der Waals surface area contributed by atoms with E-state index in [-0.39, 0.29) is 29.1 Å². The molecule has 136 valence electrons. The van der Waals surface area contributed by atoms with Crippen molar-refractivity contribution in [1.29, 1.82) is 0 Å². The highest BCUT2D eigenvalue weighted by Crippen LogP contribution is 2.56. The van der Waals surface area contributed by atoms with Gasteiger partial charge in [0.25, 0.3) is 0 Å². The van der Waals surface area contributed by atoms with Crippen molar-refractivity contribution in [3.63, 3.8) is 0 Å². The Balaban J connectivity index is 2.16. The second kappa shape index (κ2) is 5.38. The van der Waals surface area contributed by atoms with Crippen LogP contribution in [0.2, 0.25) is 0 Å². The molecule has 1 aliphatic carbocycles. The number of rotatable bonds is 2. The van der Waals surface area contributed by atoms with Gasteiger partial charge in [0.2, 0.25) is 5.78 Å². The molecule has 0 amide bonds. The first-order valence-electron chi connectivity index (χ1n) is 8.49. The smallest absolute Gasteiger partial charge is 0.217 e. The van der Waals surface area contributed by atoms with Gasteiger partial charge in [-0.25, -0.2) is 0 Å². The molecule has 4 rings (SSSR count). The van der Waals surface area contributed by atoms with Gasteiger partial charge in [0, 0.05) is 28.7 Å². The van der Waals surface area contributed by atoms with Crippen molar-refractivity contribution < 1.29 is 29.0 Å². The second-order valence-corrected chi connectivity index (χ2v) is 7.50. The third-order valence-corrected chi connectivity index (χ3v) is 5.64. The van der Waals surface area contributed by atoms with Crippen LogP contribution in [0.4, 0.5) is 0 Å². The van der Waals surface area contributed by atoms with Gasteiger partial charge in [-0.15, -0.1) is 0 Å². The molecule has 2 aromatic carbocycles. The Hall–Kier alpha value is -2.73. The fourth-order valence-corrected chi connectivity index (χ4v) is 4.40. The number of ether oxygens (including phenoxy) is 2. The molecule has 2 aromatic rings. The summed E-state index contributed by atoms with van der Waals surface area (Å²) in [5.74, 6) is 0.491. The summed E-state index contributed by atoms with van der Waals surface area (Å²) in [6, 6.07) is 5.20. The normalized spacial score (nSPS) is 19.5. The minimum absolute atomic E-state index is 0.00196. The van der Waals surface area contributed by atoms with Crippen LogP contribution in [0, 0.1) is 0 Å². The Morgan fingerprint density at radius 3 is 2.50 bits per heavy atom. The molecule has 0 bridgehead atoms. The van der Waals surface area contributed by atoms with Crippen molar-refractivity contribution in [1.82, 2.24) is 0 Å². The van der Waals surface area contributed by atoms with Crippen LogP contribution in [-0.4, -0.2) is 55.3 Å². The van der Waals surface area contributed by atoms with Gasteiger partial charge in [0.1, 0.15) is 12.6 Å². The van der Waals surface area contributed by atoms with Gasteiger partial charge in [0.05, 0.1) is 28.3 Å². The summed E-state index contributed by atoms with van der Waals surface area (Å²) in [7, 11) is 7.03. The monoisotopic (exact) mass is 356 g/mol. The summed E-state index contributed by atoms with van der Waals surface area (Å²) in [4.78, 5) is 12.8. The lowest BCUT2D eigenvalue weighted by Gasteiger charge is -2.45. The number of aromatic hydroxyl groups is 2. The van der Waals surface area contributed by atoms with Crippen LogP contribution in [0.15, 0.2) is 18.2 Å². The number of carbonyl (C=O) groups excluding carboxylic acids is 1. The van der Waals surface area contributed by atoms with Crippen molar-refractivity contribution in [3.05, 3.63) is 34.9 Å². The van der Waals surface area contributed by atoms with Crippen LogP contribution in [0.25, 0.3) is 11.1 Å².